The maximum atomic E-state index is 12.3. The number of esters is 1. The van der Waals surface area contributed by atoms with Crippen LogP contribution in [0.4, 0.5) is 0 Å². The lowest BCUT2D eigenvalue weighted by Crippen LogP contribution is -2.54. The molecule has 5 nitrogen and oxygen atoms in total. The minimum atomic E-state index is -0.532. The molecular formula is C17H24N2O3. The molecule has 0 radical (unpaired) electrons. The van der Waals surface area contributed by atoms with Crippen molar-refractivity contribution in [2.24, 2.45) is 5.73 Å². The van der Waals surface area contributed by atoms with Gasteiger partial charge in [0.1, 0.15) is 5.54 Å². The standard InChI is InChI=1S/C17H24N2O3/c1-19(12-13-6-8-14(9-7-13)15(18)20)17(16(21)22-2)10-4-3-5-11-17/h6-9H,3-5,10-12H2,1-2H3,(H2,18,20). The fraction of sp³-hybridized carbons (Fsp3) is 0.529. The number of hydrogen-bond donors (Lipinski definition) is 1. The Kier molecular flexibility index (Phi) is 5.19. The average Bonchev–Trinajstić information content (AvgIpc) is 2.55. The van der Waals surface area contributed by atoms with E-state index in [-0.39, 0.29) is 5.97 Å². The van der Waals surface area contributed by atoms with Crippen LogP contribution in [0, 0.1) is 0 Å². The molecule has 0 unspecified atom stereocenters. The van der Waals surface area contributed by atoms with E-state index in [4.69, 9.17) is 10.5 Å². The molecule has 0 bridgehead atoms. The third-order valence-electron chi connectivity index (χ3n) is 4.63. The first-order valence-electron chi connectivity index (χ1n) is 7.68. The van der Waals surface area contributed by atoms with E-state index in [1.54, 1.807) is 12.1 Å². The maximum Gasteiger partial charge on any atom is 0.326 e. The summed E-state index contributed by atoms with van der Waals surface area (Å²) in [6.07, 6.45) is 4.91. The van der Waals surface area contributed by atoms with Gasteiger partial charge in [0, 0.05) is 12.1 Å². The fourth-order valence-electron chi connectivity index (χ4n) is 3.27. The second-order valence-electron chi connectivity index (χ2n) is 6.00. The Labute approximate surface area is 131 Å². The summed E-state index contributed by atoms with van der Waals surface area (Å²) in [5, 5.41) is 0. The summed E-state index contributed by atoms with van der Waals surface area (Å²) in [5.41, 5.74) is 6.25. The van der Waals surface area contributed by atoms with Crippen molar-refractivity contribution in [2.75, 3.05) is 14.2 Å². The molecule has 1 saturated carbocycles. The third kappa shape index (κ3) is 3.30. The molecule has 1 aromatic carbocycles. The molecule has 0 spiro atoms. The number of nitrogens with two attached hydrogens (primary N) is 1. The molecule has 1 aliphatic rings. The summed E-state index contributed by atoms with van der Waals surface area (Å²) in [7, 11) is 3.42. The predicted octanol–water partition coefficient (Wildman–Crippen LogP) is 2.09. The highest BCUT2D eigenvalue weighted by Gasteiger charge is 2.44. The third-order valence-corrected chi connectivity index (χ3v) is 4.63. The summed E-state index contributed by atoms with van der Waals surface area (Å²) in [5.74, 6) is -0.582. The SMILES string of the molecule is COC(=O)C1(N(C)Cc2ccc(C(N)=O)cc2)CCCCC1. The summed E-state index contributed by atoms with van der Waals surface area (Å²) in [6, 6.07) is 7.20. The van der Waals surface area contributed by atoms with Crippen molar-refractivity contribution < 1.29 is 14.3 Å². The van der Waals surface area contributed by atoms with E-state index in [1.165, 1.54) is 13.5 Å². The number of carbonyl (C=O) groups is 2. The van der Waals surface area contributed by atoms with Crippen LogP contribution in [0.25, 0.3) is 0 Å². The van der Waals surface area contributed by atoms with Gasteiger partial charge in [0.05, 0.1) is 7.11 Å². The lowest BCUT2D eigenvalue weighted by atomic mass is 9.80. The van der Waals surface area contributed by atoms with Crippen molar-refractivity contribution in [3.63, 3.8) is 0 Å². The summed E-state index contributed by atoms with van der Waals surface area (Å²) in [4.78, 5) is 25.5. The van der Waals surface area contributed by atoms with Crippen LogP contribution in [-0.2, 0) is 16.1 Å². The van der Waals surface area contributed by atoms with Crippen LogP contribution >= 0.6 is 0 Å². The van der Waals surface area contributed by atoms with E-state index in [9.17, 15) is 9.59 Å². The minimum Gasteiger partial charge on any atom is -0.468 e. The van der Waals surface area contributed by atoms with Gasteiger partial charge >= 0.3 is 5.97 Å². The zero-order chi connectivity index (χ0) is 16.2. The van der Waals surface area contributed by atoms with E-state index >= 15 is 0 Å². The zero-order valence-electron chi connectivity index (χ0n) is 13.3. The molecule has 1 aromatic rings. The first-order valence-corrected chi connectivity index (χ1v) is 7.68. The van der Waals surface area contributed by atoms with Crippen LogP contribution in [0.5, 0.6) is 0 Å². The molecule has 22 heavy (non-hydrogen) atoms. The van der Waals surface area contributed by atoms with E-state index in [0.717, 1.165) is 31.2 Å². The highest BCUT2D eigenvalue weighted by molar-refractivity contribution is 5.92. The van der Waals surface area contributed by atoms with Crippen LogP contribution in [0.2, 0.25) is 0 Å². The minimum absolute atomic E-state index is 0.150. The topological polar surface area (TPSA) is 72.6 Å². The number of likely N-dealkylation sites (N-methyl/N-ethyl adjacent to an activating group) is 1. The maximum absolute atomic E-state index is 12.3. The van der Waals surface area contributed by atoms with Crippen molar-refractivity contribution in [3.05, 3.63) is 35.4 Å². The number of methoxy groups -OCH3 is 1. The van der Waals surface area contributed by atoms with Gasteiger partial charge < -0.3 is 10.5 Å². The van der Waals surface area contributed by atoms with Gasteiger partial charge in [-0.3, -0.25) is 14.5 Å². The van der Waals surface area contributed by atoms with E-state index in [0.29, 0.717) is 12.1 Å². The number of primary amides is 1. The Balaban J connectivity index is 2.15. The molecule has 2 N–H and O–H groups in total. The number of hydrogen-bond acceptors (Lipinski definition) is 4. The number of rotatable bonds is 5. The van der Waals surface area contributed by atoms with Crippen LogP contribution in [-0.4, -0.2) is 36.5 Å². The first-order chi connectivity index (χ1) is 10.5. The molecule has 0 heterocycles. The Morgan fingerprint density at radius 2 is 1.77 bits per heavy atom. The quantitative estimate of drug-likeness (QED) is 0.845. The fourth-order valence-corrected chi connectivity index (χ4v) is 3.27. The number of carbonyl (C=O) groups excluding carboxylic acids is 2. The molecular weight excluding hydrogens is 280 g/mol. The normalized spacial score (nSPS) is 17.2. The van der Waals surface area contributed by atoms with Crippen LogP contribution in [0.1, 0.15) is 48.0 Å². The molecule has 0 aromatic heterocycles. The van der Waals surface area contributed by atoms with Gasteiger partial charge in [0.25, 0.3) is 0 Å². The van der Waals surface area contributed by atoms with Gasteiger partial charge in [-0.1, -0.05) is 31.4 Å². The van der Waals surface area contributed by atoms with Crippen molar-refractivity contribution in [3.8, 4) is 0 Å². The van der Waals surface area contributed by atoms with Gasteiger partial charge in [-0.05, 0) is 37.6 Å². The molecule has 1 amide bonds. The van der Waals surface area contributed by atoms with Crippen molar-refractivity contribution in [1.29, 1.82) is 0 Å². The van der Waals surface area contributed by atoms with Crippen molar-refractivity contribution >= 4 is 11.9 Å². The molecule has 1 fully saturated rings. The summed E-state index contributed by atoms with van der Waals surface area (Å²) < 4.78 is 5.06. The van der Waals surface area contributed by atoms with Crippen molar-refractivity contribution in [2.45, 2.75) is 44.2 Å². The zero-order valence-corrected chi connectivity index (χ0v) is 13.3. The van der Waals surface area contributed by atoms with E-state index in [1.807, 2.05) is 19.2 Å². The molecule has 5 heteroatoms. The molecule has 1 aliphatic carbocycles. The number of nitrogens with zero attached hydrogens (tertiary/aromatic N) is 1. The van der Waals surface area contributed by atoms with Gasteiger partial charge in [-0.25, -0.2) is 0 Å². The average molecular weight is 304 g/mol. The lowest BCUT2D eigenvalue weighted by Gasteiger charge is -2.42. The van der Waals surface area contributed by atoms with Gasteiger partial charge in [-0.15, -0.1) is 0 Å². The summed E-state index contributed by atoms with van der Waals surface area (Å²) >= 11 is 0. The Morgan fingerprint density at radius 1 is 1.18 bits per heavy atom. The lowest BCUT2D eigenvalue weighted by molar-refractivity contribution is -0.157. The highest BCUT2D eigenvalue weighted by Crippen LogP contribution is 2.35. The van der Waals surface area contributed by atoms with Crippen LogP contribution in [0.3, 0.4) is 0 Å². The van der Waals surface area contributed by atoms with Gasteiger partial charge in [0.2, 0.25) is 5.91 Å². The van der Waals surface area contributed by atoms with Crippen LogP contribution < -0.4 is 5.73 Å². The monoisotopic (exact) mass is 304 g/mol. The molecule has 0 aliphatic heterocycles. The Bertz CT molecular complexity index is 533. The molecule has 0 saturated heterocycles. The van der Waals surface area contributed by atoms with Gasteiger partial charge in [0.15, 0.2) is 0 Å². The largest absolute Gasteiger partial charge is 0.468 e. The highest BCUT2D eigenvalue weighted by atomic mass is 16.5. The molecule has 2 rings (SSSR count). The van der Waals surface area contributed by atoms with Gasteiger partial charge in [-0.2, -0.15) is 0 Å². The number of amides is 1. The number of benzene rings is 1. The van der Waals surface area contributed by atoms with E-state index < -0.39 is 11.4 Å². The molecule has 0 atom stereocenters. The molecule has 120 valence electrons. The number of ether oxygens (including phenoxy) is 1. The summed E-state index contributed by atoms with van der Waals surface area (Å²) in [6.45, 7) is 0.633. The Hall–Kier alpha value is -1.88. The second kappa shape index (κ2) is 6.92. The van der Waals surface area contributed by atoms with Crippen LogP contribution in [0.15, 0.2) is 24.3 Å². The Morgan fingerprint density at radius 3 is 2.27 bits per heavy atom. The van der Waals surface area contributed by atoms with E-state index in [2.05, 4.69) is 4.90 Å². The van der Waals surface area contributed by atoms with Crippen molar-refractivity contribution in [1.82, 2.24) is 4.90 Å². The smallest absolute Gasteiger partial charge is 0.326 e. The second-order valence-corrected chi connectivity index (χ2v) is 6.00. The predicted molar refractivity (Wildman–Crippen MR) is 84.3 cm³/mol. The first kappa shape index (κ1) is 16.5.